The van der Waals surface area contributed by atoms with Gasteiger partial charge in [-0.05, 0) is 37.4 Å². The average molecular weight is 340 g/mol. The third-order valence-electron chi connectivity index (χ3n) is 5.10. The fraction of sp³-hybridized carbons (Fsp3) is 0.667. The molecule has 2 fully saturated rings. The zero-order valence-electron chi connectivity index (χ0n) is 13.9. The Hall–Kier alpha value is -0.680. The Bertz CT molecular complexity index is 499. The van der Waals surface area contributed by atoms with Crippen LogP contribution in [0.3, 0.4) is 0 Å². The summed E-state index contributed by atoms with van der Waals surface area (Å²) in [6.45, 7) is 9.19. The van der Waals surface area contributed by atoms with Gasteiger partial charge in [-0.25, -0.2) is 4.39 Å². The lowest BCUT2D eigenvalue weighted by Crippen LogP contribution is -2.49. The highest BCUT2D eigenvalue weighted by Gasteiger charge is 2.29. The van der Waals surface area contributed by atoms with Gasteiger partial charge in [0, 0.05) is 49.9 Å². The number of nitrogens with zero attached hydrogens (tertiary/aromatic N) is 2. The summed E-state index contributed by atoms with van der Waals surface area (Å²) in [6, 6.07) is 5.08. The van der Waals surface area contributed by atoms with E-state index in [4.69, 9.17) is 11.6 Å². The van der Waals surface area contributed by atoms with Crippen molar-refractivity contribution < 1.29 is 4.39 Å². The second kappa shape index (κ2) is 7.93. The molecule has 1 aromatic carbocycles. The molecule has 0 saturated carbocycles. The summed E-state index contributed by atoms with van der Waals surface area (Å²) >= 11 is 6.39. The number of piperazine rings is 1. The average Bonchev–Trinajstić information content (AvgIpc) is 2.54. The minimum Gasteiger partial charge on any atom is -0.314 e. The largest absolute Gasteiger partial charge is 0.314 e. The summed E-state index contributed by atoms with van der Waals surface area (Å²) in [5.74, 6) is 0.551. The van der Waals surface area contributed by atoms with E-state index in [-0.39, 0.29) is 11.9 Å². The minimum atomic E-state index is -0.175. The Morgan fingerprint density at radius 1 is 1.30 bits per heavy atom. The van der Waals surface area contributed by atoms with Crippen molar-refractivity contribution in [2.45, 2.75) is 25.8 Å². The molecule has 0 bridgehead atoms. The van der Waals surface area contributed by atoms with Crippen LogP contribution in [0.1, 0.15) is 31.4 Å². The first-order valence-corrected chi connectivity index (χ1v) is 9.14. The lowest BCUT2D eigenvalue weighted by Gasteiger charge is -2.40. The third kappa shape index (κ3) is 4.24. The molecule has 3 rings (SSSR count). The van der Waals surface area contributed by atoms with Crippen LogP contribution >= 0.6 is 11.6 Å². The van der Waals surface area contributed by atoms with E-state index < -0.39 is 0 Å². The molecule has 2 saturated heterocycles. The Kier molecular flexibility index (Phi) is 5.91. The van der Waals surface area contributed by atoms with Gasteiger partial charge in [-0.2, -0.15) is 0 Å². The predicted octanol–water partition coefficient (Wildman–Crippen LogP) is 3.16. The van der Waals surface area contributed by atoms with Gasteiger partial charge in [0.05, 0.1) is 6.04 Å². The summed E-state index contributed by atoms with van der Waals surface area (Å²) < 4.78 is 14.5. The molecule has 23 heavy (non-hydrogen) atoms. The van der Waals surface area contributed by atoms with E-state index in [1.165, 1.54) is 18.9 Å². The van der Waals surface area contributed by atoms with E-state index in [2.05, 4.69) is 22.0 Å². The smallest absolute Gasteiger partial charge is 0.129 e. The minimum absolute atomic E-state index is 0.0381. The molecule has 1 N–H and O–H groups in total. The van der Waals surface area contributed by atoms with Gasteiger partial charge in [0.2, 0.25) is 0 Å². The van der Waals surface area contributed by atoms with Gasteiger partial charge in [0.1, 0.15) is 5.82 Å². The van der Waals surface area contributed by atoms with Gasteiger partial charge in [-0.15, -0.1) is 0 Å². The van der Waals surface area contributed by atoms with Crippen molar-refractivity contribution in [1.29, 1.82) is 0 Å². The summed E-state index contributed by atoms with van der Waals surface area (Å²) in [4.78, 5) is 4.88. The van der Waals surface area contributed by atoms with Crippen molar-refractivity contribution >= 4 is 11.6 Å². The molecule has 0 amide bonds. The fourth-order valence-corrected chi connectivity index (χ4v) is 4.20. The highest BCUT2D eigenvalue weighted by atomic mass is 35.5. The van der Waals surface area contributed by atoms with Gasteiger partial charge in [-0.1, -0.05) is 24.6 Å². The van der Waals surface area contributed by atoms with E-state index in [1.54, 1.807) is 6.07 Å². The van der Waals surface area contributed by atoms with Gasteiger partial charge < -0.3 is 10.2 Å². The van der Waals surface area contributed by atoms with Gasteiger partial charge in [0.15, 0.2) is 0 Å². The van der Waals surface area contributed by atoms with Crippen molar-refractivity contribution in [3.05, 3.63) is 34.6 Å². The fourth-order valence-electron chi connectivity index (χ4n) is 3.91. The lowest BCUT2D eigenvalue weighted by molar-refractivity contribution is 0.0983. The number of rotatable bonds is 4. The van der Waals surface area contributed by atoms with Gasteiger partial charge in [-0.3, -0.25) is 4.90 Å². The van der Waals surface area contributed by atoms with Crippen molar-refractivity contribution in [2.75, 3.05) is 45.8 Å². The molecular formula is C18H27ClFN3. The first-order chi connectivity index (χ1) is 11.1. The molecule has 3 nitrogen and oxygen atoms in total. The van der Waals surface area contributed by atoms with E-state index in [0.29, 0.717) is 10.6 Å². The molecule has 2 aliphatic rings. The Balaban J connectivity index is 1.84. The zero-order chi connectivity index (χ0) is 16.2. The second-order valence-electron chi connectivity index (χ2n) is 6.94. The van der Waals surface area contributed by atoms with Crippen molar-refractivity contribution in [1.82, 2.24) is 15.1 Å². The van der Waals surface area contributed by atoms with Crippen molar-refractivity contribution in [2.24, 2.45) is 5.92 Å². The number of nitrogens with one attached hydrogen (secondary N) is 1. The predicted molar refractivity (Wildman–Crippen MR) is 93.4 cm³/mol. The van der Waals surface area contributed by atoms with Crippen LogP contribution in [0.15, 0.2) is 18.2 Å². The van der Waals surface area contributed by atoms with E-state index >= 15 is 0 Å². The van der Waals surface area contributed by atoms with E-state index in [0.717, 1.165) is 51.7 Å². The monoisotopic (exact) mass is 339 g/mol. The third-order valence-corrected chi connectivity index (χ3v) is 5.43. The summed E-state index contributed by atoms with van der Waals surface area (Å²) in [6.07, 6.45) is 2.54. The van der Waals surface area contributed by atoms with Gasteiger partial charge >= 0.3 is 0 Å². The molecule has 0 radical (unpaired) electrons. The highest BCUT2D eigenvalue weighted by Crippen LogP contribution is 2.32. The van der Waals surface area contributed by atoms with Crippen LogP contribution in [-0.4, -0.2) is 55.6 Å². The molecule has 5 heteroatoms. The number of likely N-dealkylation sites (tertiary alicyclic amines) is 1. The van der Waals surface area contributed by atoms with Crippen LogP contribution in [0.5, 0.6) is 0 Å². The maximum atomic E-state index is 14.5. The molecule has 2 atom stereocenters. The van der Waals surface area contributed by atoms with Crippen LogP contribution in [-0.2, 0) is 0 Å². The highest BCUT2D eigenvalue weighted by molar-refractivity contribution is 6.31. The number of halogens is 2. The lowest BCUT2D eigenvalue weighted by atomic mass is 9.97. The Labute approximate surface area is 143 Å². The number of hydrogen-bond donors (Lipinski definition) is 1. The molecule has 2 unspecified atom stereocenters. The maximum absolute atomic E-state index is 14.5. The van der Waals surface area contributed by atoms with Crippen molar-refractivity contribution in [3.63, 3.8) is 0 Å². The second-order valence-corrected chi connectivity index (χ2v) is 7.35. The SMILES string of the molecule is CC1CCCN(CC(c2c(F)cccc2Cl)N2CCNCC2)C1. The van der Waals surface area contributed by atoms with Crippen LogP contribution in [0.2, 0.25) is 5.02 Å². The van der Waals surface area contributed by atoms with Crippen molar-refractivity contribution in [3.8, 4) is 0 Å². The summed E-state index contributed by atoms with van der Waals surface area (Å²) in [5.41, 5.74) is 0.675. The van der Waals surface area contributed by atoms with Crippen LogP contribution in [0.25, 0.3) is 0 Å². The quantitative estimate of drug-likeness (QED) is 0.909. The normalized spacial score (nSPS) is 25.4. The molecule has 0 aromatic heterocycles. The van der Waals surface area contributed by atoms with E-state index in [9.17, 15) is 4.39 Å². The van der Waals surface area contributed by atoms with E-state index in [1.807, 2.05) is 6.07 Å². The standard InChI is InChI=1S/C18H27ClFN3/c1-14-4-3-9-22(12-14)13-17(23-10-7-21-8-11-23)18-15(19)5-2-6-16(18)20/h2,5-6,14,17,21H,3-4,7-13H2,1H3. The first-order valence-electron chi connectivity index (χ1n) is 8.76. The maximum Gasteiger partial charge on any atom is 0.129 e. The molecule has 2 aliphatic heterocycles. The Morgan fingerprint density at radius 2 is 2.09 bits per heavy atom. The molecule has 0 aliphatic carbocycles. The molecular weight excluding hydrogens is 313 g/mol. The number of hydrogen-bond acceptors (Lipinski definition) is 3. The Morgan fingerprint density at radius 3 is 2.78 bits per heavy atom. The zero-order valence-corrected chi connectivity index (χ0v) is 14.7. The number of piperidine rings is 1. The van der Waals surface area contributed by atoms with Crippen LogP contribution < -0.4 is 5.32 Å². The first kappa shape index (κ1) is 17.2. The molecule has 0 spiro atoms. The molecule has 1 aromatic rings. The molecule has 128 valence electrons. The topological polar surface area (TPSA) is 18.5 Å². The van der Waals surface area contributed by atoms with Crippen LogP contribution in [0, 0.1) is 11.7 Å². The summed E-state index contributed by atoms with van der Waals surface area (Å²) in [7, 11) is 0. The molecule has 2 heterocycles. The summed E-state index contributed by atoms with van der Waals surface area (Å²) in [5, 5.41) is 3.93. The van der Waals surface area contributed by atoms with Gasteiger partial charge in [0.25, 0.3) is 0 Å². The number of benzene rings is 1. The van der Waals surface area contributed by atoms with Crippen LogP contribution in [0.4, 0.5) is 4.39 Å².